The first-order valence-corrected chi connectivity index (χ1v) is 7.01. The van der Waals surface area contributed by atoms with Crippen molar-refractivity contribution in [3.63, 3.8) is 0 Å². The molecular formula is C17H16N2O3. The van der Waals surface area contributed by atoms with Crippen molar-refractivity contribution in [1.82, 2.24) is 0 Å². The summed E-state index contributed by atoms with van der Waals surface area (Å²) in [5.74, 6) is 0.250. The Labute approximate surface area is 128 Å². The van der Waals surface area contributed by atoms with Gasteiger partial charge in [-0.05, 0) is 30.0 Å². The Morgan fingerprint density at radius 2 is 1.91 bits per heavy atom. The minimum absolute atomic E-state index is 0.0903. The fourth-order valence-electron chi connectivity index (χ4n) is 2.13. The molecule has 0 atom stereocenters. The lowest BCUT2D eigenvalue weighted by Crippen LogP contribution is -2.02. The summed E-state index contributed by atoms with van der Waals surface area (Å²) < 4.78 is 5.53. The molecule has 2 rings (SSSR count). The van der Waals surface area contributed by atoms with E-state index in [2.05, 4.69) is 0 Å². The van der Waals surface area contributed by atoms with Crippen molar-refractivity contribution in [2.75, 3.05) is 6.61 Å². The number of hydrogen-bond acceptors (Lipinski definition) is 4. The molecule has 0 aromatic heterocycles. The highest BCUT2D eigenvalue weighted by Crippen LogP contribution is 2.28. The molecule has 0 aliphatic rings. The third-order valence-corrected chi connectivity index (χ3v) is 3.21. The summed E-state index contributed by atoms with van der Waals surface area (Å²) >= 11 is 0. The van der Waals surface area contributed by atoms with E-state index in [1.807, 2.05) is 36.4 Å². The van der Waals surface area contributed by atoms with Crippen molar-refractivity contribution in [3.8, 4) is 11.8 Å². The highest BCUT2D eigenvalue weighted by molar-refractivity contribution is 5.49. The van der Waals surface area contributed by atoms with Gasteiger partial charge in [-0.25, -0.2) is 0 Å². The molecule has 5 heteroatoms. The maximum Gasteiger partial charge on any atom is 0.311 e. The molecule has 0 spiro atoms. The van der Waals surface area contributed by atoms with Gasteiger partial charge in [0.15, 0.2) is 5.75 Å². The van der Waals surface area contributed by atoms with Gasteiger partial charge in [-0.3, -0.25) is 10.1 Å². The number of ether oxygens (including phenoxy) is 1. The predicted molar refractivity (Wildman–Crippen MR) is 82.7 cm³/mol. The molecule has 0 N–H and O–H groups in total. The molecule has 5 nitrogen and oxygen atoms in total. The Balaban J connectivity index is 1.94. The van der Waals surface area contributed by atoms with Gasteiger partial charge in [0.2, 0.25) is 0 Å². The number of hydrogen-bond donors (Lipinski definition) is 0. The van der Waals surface area contributed by atoms with Crippen molar-refractivity contribution in [3.05, 3.63) is 69.8 Å². The van der Waals surface area contributed by atoms with Gasteiger partial charge in [0.1, 0.15) is 0 Å². The van der Waals surface area contributed by atoms with Gasteiger partial charge >= 0.3 is 5.69 Å². The summed E-state index contributed by atoms with van der Waals surface area (Å²) in [6.45, 7) is 0.410. The van der Waals surface area contributed by atoms with Gasteiger partial charge in [-0.2, -0.15) is 5.26 Å². The number of nitro groups is 1. The smallest absolute Gasteiger partial charge is 0.311 e. The topological polar surface area (TPSA) is 76.2 Å². The fraction of sp³-hybridized carbons (Fsp3) is 0.235. The number of benzene rings is 2. The second-order valence-electron chi connectivity index (χ2n) is 4.83. The maximum absolute atomic E-state index is 11.1. The van der Waals surface area contributed by atoms with E-state index in [0.717, 1.165) is 12.8 Å². The Kier molecular flexibility index (Phi) is 5.50. The largest absolute Gasteiger partial charge is 0.487 e. The first-order chi connectivity index (χ1) is 10.7. The molecular weight excluding hydrogens is 280 g/mol. The van der Waals surface area contributed by atoms with E-state index >= 15 is 0 Å². The summed E-state index contributed by atoms with van der Waals surface area (Å²) in [6, 6.07) is 16.6. The molecule has 0 fully saturated rings. The molecule has 0 unspecified atom stereocenters. The second kappa shape index (κ2) is 7.79. The van der Waals surface area contributed by atoms with Gasteiger partial charge in [0.25, 0.3) is 0 Å². The van der Waals surface area contributed by atoms with Gasteiger partial charge in [-0.15, -0.1) is 0 Å². The minimum atomic E-state index is -0.479. The zero-order valence-corrected chi connectivity index (χ0v) is 12.1. The van der Waals surface area contributed by atoms with Gasteiger partial charge < -0.3 is 4.74 Å². The van der Waals surface area contributed by atoms with E-state index < -0.39 is 4.92 Å². The lowest BCUT2D eigenvalue weighted by atomic mass is 10.1. The number of nitrogens with zero attached hydrogens (tertiary/aromatic N) is 2. The highest BCUT2D eigenvalue weighted by Gasteiger charge is 2.15. The number of rotatable bonds is 7. The molecule has 112 valence electrons. The third-order valence-electron chi connectivity index (χ3n) is 3.21. The summed E-state index contributed by atoms with van der Waals surface area (Å²) in [4.78, 5) is 10.6. The van der Waals surface area contributed by atoms with Crippen molar-refractivity contribution in [1.29, 1.82) is 5.26 Å². The Bertz CT molecular complexity index is 678. The molecule has 0 aliphatic heterocycles. The first-order valence-electron chi connectivity index (χ1n) is 7.01. The molecule has 0 radical (unpaired) electrons. The van der Waals surface area contributed by atoms with Crippen LogP contribution in [-0.4, -0.2) is 11.5 Å². The minimum Gasteiger partial charge on any atom is -0.487 e. The lowest BCUT2D eigenvalue weighted by molar-refractivity contribution is -0.385. The molecule has 2 aromatic rings. The zero-order valence-electron chi connectivity index (χ0n) is 12.1. The van der Waals surface area contributed by atoms with Crippen LogP contribution in [0.5, 0.6) is 5.75 Å². The molecule has 0 saturated heterocycles. The summed E-state index contributed by atoms with van der Waals surface area (Å²) in [5.41, 5.74) is 1.74. The Morgan fingerprint density at radius 1 is 1.14 bits per heavy atom. The predicted octanol–water partition coefficient (Wildman–Crippen LogP) is 3.67. The van der Waals surface area contributed by atoms with Crippen LogP contribution >= 0.6 is 0 Å². The molecule has 0 heterocycles. The van der Waals surface area contributed by atoms with Crippen molar-refractivity contribution in [2.45, 2.75) is 19.3 Å². The van der Waals surface area contributed by atoms with E-state index in [1.54, 1.807) is 12.1 Å². The van der Waals surface area contributed by atoms with Gasteiger partial charge in [0, 0.05) is 6.07 Å². The quantitative estimate of drug-likeness (QED) is 0.444. The number of nitriles is 1. The van der Waals surface area contributed by atoms with Crippen LogP contribution in [0, 0.1) is 21.4 Å². The average Bonchev–Trinajstić information content (AvgIpc) is 2.53. The van der Waals surface area contributed by atoms with Crippen LogP contribution in [0.25, 0.3) is 0 Å². The molecule has 2 aromatic carbocycles. The zero-order chi connectivity index (χ0) is 15.8. The summed E-state index contributed by atoms with van der Waals surface area (Å²) in [7, 11) is 0. The third kappa shape index (κ3) is 4.32. The molecule has 0 aliphatic carbocycles. The average molecular weight is 296 g/mol. The summed E-state index contributed by atoms with van der Waals surface area (Å²) in [6.07, 6.45) is 1.79. The molecule has 22 heavy (non-hydrogen) atoms. The standard InChI is InChI=1S/C17H16N2O3/c18-11-10-15-8-9-17(16(13-15)19(20)21)22-12-4-7-14-5-2-1-3-6-14/h1-3,5-6,8-9,13H,4,7,10,12H2. The summed E-state index contributed by atoms with van der Waals surface area (Å²) in [5, 5.41) is 19.7. The Hall–Kier alpha value is -2.87. The van der Waals surface area contributed by atoms with Crippen LogP contribution in [0.4, 0.5) is 5.69 Å². The SMILES string of the molecule is N#CCc1ccc(OCCCc2ccccc2)c([N+](=O)[O-])c1. The van der Waals surface area contributed by atoms with Crippen LogP contribution in [0.15, 0.2) is 48.5 Å². The van der Waals surface area contributed by atoms with E-state index in [0.29, 0.717) is 12.2 Å². The van der Waals surface area contributed by atoms with Crippen LogP contribution in [0.2, 0.25) is 0 Å². The van der Waals surface area contributed by atoms with E-state index in [4.69, 9.17) is 10.00 Å². The van der Waals surface area contributed by atoms with E-state index in [-0.39, 0.29) is 17.9 Å². The molecule has 0 amide bonds. The van der Waals surface area contributed by atoms with E-state index in [9.17, 15) is 10.1 Å². The van der Waals surface area contributed by atoms with Crippen molar-refractivity contribution < 1.29 is 9.66 Å². The number of nitro benzene ring substituents is 1. The fourth-order valence-corrected chi connectivity index (χ4v) is 2.13. The van der Waals surface area contributed by atoms with Crippen LogP contribution in [0.3, 0.4) is 0 Å². The number of aryl methyl sites for hydroxylation is 1. The van der Waals surface area contributed by atoms with Crippen molar-refractivity contribution in [2.24, 2.45) is 0 Å². The van der Waals surface area contributed by atoms with Gasteiger partial charge in [-0.1, -0.05) is 36.4 Å². The molecule has 0 saturated carbocycles. The van der Waals surface area contributed by atoms with Crippen LogP contribution < -0.4 is 4.74 Å². The normalized spacial score (nSPS) is 9.95. The second-order valence-corrected chi connectivity index (χ2v) is 4.83. The van der Waals surface area contributed by atoms with Gasteiger partial charge in [0.05, 0.1) is 24.0 Å². The van der Waals surface area contributed by atoms with Crippen LogP contribution in [0.1, 0.15) is 17.5 Å². The highest BCUT2D eigenvalue weighted by atomic mass is 16.6. The maximum atomic E-state index is 11.1. The monoisotopic (exact) mass is 296 g/mol. The molecule has 0 bridgehead atoms. The first kappa shape index (κ1) is 15.5. The van der Waals surface area contributed by atoms with Crippen LogP contribution in [-0.2, 0) is 12.8 Å². The Morgan fingerprint density at radius 3 is 2.59 bits per heavy atom. The van der Waals surface area contributed by atoms with E-state index in [1.165, 1.54) is 11.6 Å². The van der Waals surface area contributed by atoms with Crippen molar-refractivity contribution >= 4 is 5.69 Å². The lowest BCUT2D eigenvalue weighted by Gasteiger charge is -2.07.